The van der Waals surface area contributed by atoms with E-state index >= 15 is 0 Å². The largest absolute Gasteiger partial charge is 0.376 e. The van der Waals surface area contributed by atoms with Crippen molar-refractivity contribution < 1.29 is 4.74 Å². The zero-order valence-electron chi connectivity index (χ0n) is 10.5. The lowest BCUT2D eigenvalue weighted by Gasteiger charge is -2.14. The fraction of sp³-hybridized carbons (Fsp3) is 0.500. The summed E-state index contributed by atoms with van der Waals surface area (Å²) in [7, 11) is 0. The van der Waals surface area contributed by atoms with Crippen LogP contribution in [0.5, 0.6) is 0 Å². The zero-order chi connectivity index (χ0) is 13.8. The predicted octanol–water partition coefficient (Wildman–Crippen LogP) is 3.38. The van der Waals surface area contributed by atoms with Crippen LogP contribution in [0.25, 0.3) is 0 Å². The van der Waals surface area contributed by atoms with Crippen LogP contribution in [0.3, 0.4) is 0 Å². The molecule has 1 fully saturated rings. The second-order valence-electron chi connectivity index (χ2n) is 4.36. The number of pyridine rings is 1. The number of aromatic nitrogens is 1. The lowest BCUT2D eigenvalue weighted by molar-refractivity contribution is 0.114. The smallest absolute Gasteiger partial charge is 0.172 e. The van der Waals surface area contributed by atoms with E-state index in [2.05, 4.69) is 47.5 Å². The molecular formula is C12H15Br2N3OS. The molecule has 2 rings (SSSR count). The minimum absolute atomic E-state index is 0.266. The number of ether oxygens (including phenoxy) is 1. The second-order valence-corrected chi connectivity index (χ2v) is 6.47. The molecule has 1 saturated heterocycles. The summed E-state index contributed by atoms with van der Waals surface area (Å²) in [6.45, 7) is 3.52. The Labute approximate surface area is 135 Å². The predicted molar refractivity (Wildman–Crippen MR) is 87.6 cm³/mol. The first-order valence-electron chi connectivity index (χ1n) is 6.05. The van der Waals surface area contributed by atoms with Crippen molar-refractivity contribution in [2.24, 2.45) is 0 Å². The highest BCUT2D eigenvalue weighted by Gasteiger charge is 2.15. The maximum atomic E-state index is 5.53. The molecule has 0 radical (unpaired) electrons. The highest BCUT2D eigenvalue weighted by atomic mass is 79.9. The molecule has 0 saturated carbocycles. The Bertz CT molecular complexity index is 478. The number of thiocarbonyl (C=S) groups is 1. The third-order valence-corrected chi connectivity index (χ3v) is 4.50. The Hall–Kier alpha value is -0.240. The first-order chi connectivity index (χ1) is 9.06. The molecule has 0 amide bonds. The van der Waals surface area contributed by atoms with E-state index < -0.39 is 0 Å². The Morgan fingerprint density at radius 1 is 1.53 bits per heavy atom. The quantitative estimate of drug-likeness (QED) is 0.750. The summed E-state index contributed by atoms with van der Waals surface area (Å²) >= 11 is 12.2. The van der Waals surface area contributed by atoms with Crippen LogP contribution in [-0.4, -0.2) is 29.4 Å². The van der Waals surface area contributed by atoms with Gasteiger partial charge in [-0.25, -0.2) is 4.98 Å². The number of aryl methyl sites for hydroxylation is 1. The number of nitrogens with one attached hydrogen (secondary N) is 2. The van der Waals surface area contributed by atoms with Crippen LogP contribution in [0.2, 0.25) is 0 Å². The van der Waals surface area contributed by atoms with E-state index in [1.54, 1.807) is 0 Å². The van der Waals surface area contributed by atoms with Gasteiger partial charge in [-0.2, -0.15) is 0 Å². The molecule has 1 aliphatic rings. The normalized spacial score (nSPS) is 18.4. The van der Waals surface area contributed by atoms with Crippen LogP contribution >= 0.6 is 44.1 Å². The van der Waals surface area contributed by atoms with Gasteiger partial charge in [0.25, 0.3) is 0 Å². The highest BCUT2D eigenvalue weighted by molar-refractivity contribution is 9.11. The zero-order valence-corrected chi connectivity index (χ0v) is 14.5. The van der Waals surface area contributed by atoms with Crippen molar-refractivity contribution in [3.05, 3.63) is 20.7 Å². The van der Waals surface area contributed by atoms with Crippen LogP contribution in [0, 0.1) is 6.92 Å². The number of hydrogen-bond donors (Lipinski definition) is 2. The van der Waals surface area contributed by atoms with E-state index in [9.17, 15) is 0 Å². The molecule has 1 aromatic heterocycles. The lowest BCUT2D eigenvalue weighted by Crippen LogP contribution is -2.35. The Kier molecular flexibility index (Phi) is 5.56. The molecule has 104 valence electrons. The molecule has 7 heteroatoms. The highest BCUT2D eigenvalue weighted by Crippen LogP contribution is 2.26. The minimum Gasteiger partial charge on any atom is -0.376 e. The molecule has 1 aliphatic heterocycles. The molecule has 0 aromatic carbocycles. The van der Waals surface area contributed by atoms with Crippen molar-refractivity contribution in [3.63, 3.8) is 0 Å². The minimum atomic E-state index is 0.266. The number of rotatable bonds is 3. The van der Waals surface area contributed by atoms with Crippen molar-refractivity contribution in [1.29, 1.82) is 0 Å². The Morgan fingerprint density at radius 3 is 3.00 bits per heavy atom. The maximum Gasteiger partial charge on any atom is 0.172 e. The van der Waals surface area contributed by atoms with Crippen molar-refractivity contribution in [3.8, 4) is 0 Å². The first kappa shape index (κ1) is 15.2. The van der Waals surface area contributed by atoms with Gasteiger partial charge >= 0.3 is 0 Å². The van der Waals surface area contributed by atoms with Gasteiger partial charge in [-0.05, 0) is 69.9 Å². The summed E-state index contributed by atoms with van der Waals surface area (Å²) in [5.74, 6) is 0.713. The van der Waals surface area contributed by atoms with Crippen molar-refractivity contribution >= 4 is 55.0 Å². The van der Waals surface area contributed by atoms with Gasteiger partial charge in [-0.3, -0.25) is 0 Å². The molecule has 0 unspecified atom stereocenters. The SMILES string of the molecule is Cc1nc(NC(=S)NC[C@@H]2CCCO2)c(Br)cc1Br. The van der Waals surface area contributed by atoms with E-state index in [0.29, 0.717) is 10.9 Å². The van der Waals surface area contributed by atoms with Gasteiger partial charge in [0.15, 0.2) is 5.11 Å². The van der Waals surface area contributed by atoms with Gasteiger partial charge in [0.05, 0.1) is 16.3 Å². The number of anilines is 1. The Balaban J connectivity index is 1.89. The summed E-state index contributed by atoms with van der Waals surface area (Å²) in [4.78, 5) is 4.43. The maximum absolute atomic E-state index is 5.53. The van der Waals surface area contributed by atoms with Gasteiger partial charge in [-0.1, -0.05) is 0 Å². The summed E-state index contributed by atoms with van der Waals surface area (Å²) in [5.41, 5.74) is 0.910. The molecule has 2 heterocycles. The number of hydrogen-bond acceptors (Lipinski definition) is 3. The van der Waals surface area contributed by atoms with Crippen LogP contribution in [0.4, 0.5) is 5.82 Å². The van der Waals surface area contributed by atoms with Gasteiger partial charge in [-0.15, -0.1) is 0 Å². The van der Waals surface area contributed by atoms with Gasteiger partial charge in [0.1, 0.15) is 5.82 Å². The molecule has 4 nitrogen and oxygen atoms in total. The molecule has 2 N–H and O–H groups in total. The van der Waals surface area contributed by atoms with Crippen LogP contribution in [0.15, 0.2) is 15.0 Å². The van der Waals surface area contributed by atoms with Crippen molar-refractivity contribution in [2.75, 3.05) is 18.5 Å². The monoisotopic (exact) mass is 407 g/mol. The standard InChI is InChI=1S/C12H15Br2N3OS/c1-7-9(13)5-10(14)11(16-7)17-12(19)15-6-8-3-2-4-18-8/h5,8H,2-4,6H2,1H3,(H2,15,16,17,19)/t8-/m0/s1. The average Bonchev–Trinajstić information content (AvgIpc) is 2.86. The van der Waals surface area contributed by atoms with Gasteiger partial charge in [0, 0.05) is 17.6 Å². The van der Waals surface area contributed by atoms with E-state index in [-0.39, 0.29) is 6.10 Å². The summed E-state index contributed by atoms with van der Waals surface area (Å²) in [6, 6.07) is 1.95. The molecular weight excluding hydrogens is 394 g/mol. The van der Waals surface area contributed by atoms with Crippen molar-refractivity contribution in [1.82, 2.24) is 10.3 Å². The van der Waals surface area contributed by atoms with Crippen LogP contribution < -0.4 is 10.6 Å². The van der Waals surface area contributed by atoms with Crippen LogP contribution in [0.1, 0.15) is 18.5 Å². The lowest BCUT2D eigenvalue weighted by atomic mass is 10.2. The third kappa shape index (κ3) is 4.37. The summed E-state index contributed by atoms with van der Waals surface area (Å²) < 4.78 is 7.36. The van der Waals surface area contributed by atoms with E-state index in [1.165, 1.54) is 0 Å². The van der Waals surface area contributed by atoms with E-state index in [1.807, 2.05) is 13.0 Å². The fourth-order valence-electron chi connectivity index (χ4n) is 1.81. The van der Waals surface area contributed by atoms with Gasteiger partial charge in [0.2, 0.25) is 0 Å². The first-order valence-corrected chi connectivity index (χ1v) is 8.05. The fourth-order valence-corrected chi connectivity index (χ4v) is 3.03. The average molecular weight is 409 g/mol. The van der Waals surface area contributed by atoms with Crippen molar-refractivity contribution in [2.45, 2.75) is 25.9 Å². The molecule has 1 aromatic rings. The molecule has 0 bridgehead atoms. The molecule has 0 aliphatic carbocycles. The molecule has 1 atom stereocenters. The Morgan fingerprint density at radius 2 is 2.32 bits per heavy atom. The van der Waals surface area contributed by atoms with Crippen LogP contribution in [-0.2, 0) is 4.74 Å². The molecule has 19 heavy (non-hydrogen) atoms. The van der Waals surface area contributed by atoms with E-state index in [0.717, 1.165) is 40.6 Å². The summed E-state index contributed by atoms with van der Waals surface area (Å²) in [6.07, 6.45) is 2.49. The van der Waals surface area contributed by atoms with E-state index in [4.69, 9.17) is 17.0 Å². The number of halogens is 2. The molecule has 0 spiro atoms. The topological polar surface area (TPSA) is 46.2 Å². The van der Waals surface area contributed by atoms with Gasteiger partial charge < -0.3 is 15.4 Å². The third-order valence-electron chi connectivity index (χ3n) is 2.85. The second kappa shape index (κ2) is 6.97. The number of nitrogens with zero attached hydrogens (tertiary/aromatic N) is 1. The summed E-state index contributed by atoms with van der Waals surface area (Å²) in [5, 5.41) is 6.81.